The fraction of sp³-hybridized carbons (Fsp3) is 0.286. The average molecular weight is 545 g/mol. The van der Waals surface area contributed by atoms with Crippen molar-refractivity contribution in [2.75, 3.05) is 5.43 Å². The summed E-state index contributed by atoms with van der Waals surface area (Å²) in [7, 11) is -4.04. The summed E-state index contributed by atoms with van der Waals surface area (Å²) in [5, 5.41) is 8.71. The lowest BCUT2D eigenvalue weighted by Crippen LogP contribution is -2.37. The van der Waals surface area contributed by atoms with Gasteiger partial charge in [-0.2, -0.15) is 5.26 Å². The SMILES string of the molecule is CC[C@@H]1C[C@@H](Oc2ccc(C#N)cc2)C[C@@H]1C(=O)NNc1nc2cc[nH]c2nc1S(=O)(=O)c1cccc(C)c1. The minimum Gasteiger partial charge on any atom is -0.490 e. The van der Waals surface area contributed by atoms with Crippen LogP contribution in [0.5, 0.6) is 5.75 Å². The smallest absolute Gasteiger partial charge is 0.241 e. The number of hydrogen-bond acceptors (Lipinski definition) is 8. The second kappa shape index (κ2) is 10.7. The number of amides is 1. The summed E-state index contributed by atoms with van der Waals surface area (Å²) in [6, 6.07) is 17.2. The Balaban J connectivity index is 1.34. The van der Waals surface area contributed by atoms with Crippen LogP contribution in [-0.2, 0) is 14.6 Å². The first kappa shape index (κ1) is 26.2. The Morgan fingerprint density at radius 1 is 1.15 bits per heavy atom. The number of aryl methyl sites for hydroxylation is 1. The predicted octanol–water partition coefficient (Wildman–Crippen LogP) is 4.30. The second-order valence-corrected chi connectivity index (χ2v) is 11.5. The highest BCUT2D eigenvalue weighted by Crippen LogP contribution is 2.37. The Morgan fingerprint density at radius 3 is 2.67 bits per heavy atom. The molecule has 0 saturated heterocycles. The number of aromatic nitrogens is 3. The molecule has 0 aliphatic heterocycles. The molecular weight excluding hydrogens is 516 g/mol. The van der Waals surface area contributed by atoms with E-state index in [9.17, 15) is 13.2 Å². The predicted molar refractivity (Wildman–Crippen MR) is 144 cm³/mol. The topological polar surface area (TPSA) is 150 Å². The standard InChI is InChI=1S/C28H28N6O4S/c1-3-19-14-21(38-20-9-7-18(16-29)8-10-20)15-23(19)27(35)34-33-26-28(32-25-24(31-26)11-12-30-25)39(36,37)22-6-4-5-17(2)13-22/h4-13,19,21,23H,3,14-15H2,1-2H3,(H,30,32)(H,31,33)(H,34,35)/t19-,21-,23+/m1/s1. The number of H-pyrrole nitrogens is 1. The van der Waals surface area contributed by atoms with E-state index in [0.717, 1.165) is 12.0 Å². The van der Waals surface area contributed by atoms with Crippen molar-refractivity contribution in [2.24, 2.45) is 11.8 Å². The van der Waals surface area contributed by atoms with E-state index < -0.39 is 9.84 Å². The quantitative estimate of drug-likeness (QED) is 0.278. The number of benzene rings is 2. The van der Waals surface area contributed by atoms with Gasteiger partial charge in [-0.15, -0.1) is 0 Å². The zero-order valence-electron chi connectivity index (χ0n) is 21.5. The number of sulfone groups is 1. The number of carbonyl (C=O) groups is 1. The van der Waals surface area contributed by atoms with Gasteiger partial charge in [-0.05, 0) is 73.7 Å². The monoisotopic (exact) mass is 544 g/mol. The summed E-state index contributed by atoms with van der Waals surface area (Å²) in [5.41, 5.74) is 7.54. The largest absolute Gasteiger partial charge is 0.490 e. The fourth-order valence-corrected chi connectivity index (χ4v) is 6.36. The fourth-order valence-electron chi connectivity index (χ4n) is 4.97. The summed E-state index contributed by atoms with van der Waals surface area (Å²) in [6.45, 7) is 3.84. The van der Waals surface area contributed by atoms with Crippen LogP contribution in [-0.4, -0.2) is 35.4 Å². The number of nitrogens with zero attached hydrogens (tertiary/aromatic N) is 3. The van der Waals surface area contributed by atoms with Crippen molar-refractivity contribution in [1.82, 2.24) is 20.4 Å². The van der Waals surface area contributed by atoms with Gasteiger partial charge in [0, 0.05) is 12.1 Å². The van der Waals surface area contributed by atoms with Gasteiger partial charge in [0.1, 0.15) is 11.3 Å². The van der Waals surface area contributed by atoms with Crippen LogP contribution in [0, 0.1) is 30.1 Å². The van der Waals surface area contributed by atoms with Crippen LogP contribution in [0.15, 0.2) is 70.7 Å². The first-order chi connectivity index (χ1) is 18.8. The average Bonchev–Trinajstić information content (AvgIpc) is 3.58. The lowest BCUT2D eigenvalue weighted by molar-refractivity contribution is -0.125. The molecule has 5 rings (SSSR count). The van der Waals surface area contributed by atoms with E-state index in [1.54, 1.807) is 48.7 Å². The zero-order valence-corrected chi connectivity index (χ0v) is 22.3. The van der Waals surface area contributed by atoms with Gasteiger partial charge in [-0.3, -0.25) is 15.6 Å². The lowest BCUT2D eigenvalue weighted by atomic mass is 9.93. The normalized spacial score (nSPS) is 18.9. The zero-order chi connectivity index (χ0) is 27.6. The molecule has 10 nitrogen and oxygen atoms in total. The van der Waals surface area contributed by atoms with Gasteiger partial charge in [0.25, 0.3) is 0 Å². The van der Waals surface area contributed by atoms with Crippen molar-refractivity contribution in [3.05, 3.63) is 71.9 Å². The second-order valence-electron chi connectivity index (χ2n) is 9.65. The molecule has 2 heterocycles. The minimum atomic E-state index is -4.04. The molecule has 0 bridgehead atoms. The maximum Gasteiger partial charge on any atom is 0.241 e. The van der Waals surface area contributed by atoms with E-state index >= 15 is 0 Å². The van der Waals surface area contributed by atoms with Crippen LogP contribution >= 0.6 is 0 Å². The van der Waals surface area contributed by atoms with Crippen molar-refractivity contribution < 1.29 is 17.9 Å². The maximum atomic E-state index is 13.5. The molecule has 200 valence electrons. The van der Waals surface area contributed by atoms with Gasteiger partial charge in [0.05, 0.1) is 22.6 Å². The summed E-state index contributed by atoms with van der Waals surface area (Å²) < 4.78 is 33.1. The Morgan fingerprint density at radius 2 is 1.95 bits per heavy atom. The van der Waals surface area contributed by atoms with E-state index in [1.807, 2.05) is 19.9 Å². The van der Waals surface area contributed by atoms with Gasteiger partial charge in [-0.25, -0.2) is 18.4 Å². The third kappa shape index (κ3) is 5.42. The molecule has 1 saturated carbocycles. The van der Waals surface area contributed by atoms with E-state index in [-0.39, 0.29) is 39.6 Å². The summed E-state index contributed by atoms with van der Waals surface area (Å²) in [5.74, 6) is 0.0562. The Hall–Kier alpha value is -4.43. The molecule has 2 aromatic carbocycles. The van der Waals surface area contributed by atoms with Crippen LogP contribution in [0.25, 0.3) is 11.2 Å². The molecule has 3 N–H and O–H groups in total. The third-order valence-electron chi connectivity index (χ3n) is 7.01. The van der Waals surface area contributed by atoms with Crippen LogP contribution in [0.1, 0.15) is 37.3 Å². The molecule has 11 heteroatoms. The molecule has 1 fully saturated rings. The molecular formula is C28H28N6O4S. The number of nitriles is 1. The number of aromatic amines is 1. The highest BCUT2D eigenvalue weighted by atomic mass is 32.2. The highest BCUT2D eigenvalue weighted by molar-refractivity contribution is 7.91. The summed E-state index contributed by atoms with van der Waals surface area (Å²) in [4.78, 5) is 25.0. The Kier molecular flexibility index (Phi) is 7.21. The van der Waals surface area contributed by atoms with Gasteiger partial charge >= 0.3 is 0 Å². The van der Waals surface area contributed by atoms with E-state index in [0.29, 0.717) is 35.3 Å². The van der Waals surface area contributed by atoms with Crippen LogP contribution in [0.4, 0.5) is 5.82 Å². The van der Waals surface area contributed by atoms with Gasteiger partial charge in [0.2, 0.25) is 20.8 Å². The van der Waals surface area contributed by atoms with Crippen molar-refractivity contribution in [2.45, 2.75) is 49.1 Å². The molecule has 4 aromatic rings. The van der Waals surface area contributed by atoms with Crippen molar-refractivity contribution >= 4 is 32.7 Å². The van der Waals surface area contributed by atoms with Crippen molar-refractivity contribution in [3.8, 4) is 11.8 Å². The summed E-state index contributed by atoms with van der Waals surface area (Å²) in [6.07, 6.45) is 3.45. The number of rotatable bonds is 8. The molecule has 1 aliphatic carbocycles. The van der Waals surface area contributed by atoms with E-state index in [1.165, 1.54) is 6.07 Å². The van der Waals surface area contributed by atoms with E-state index in [2.05, 4.69) is 31.9 Å². The van der Waals surface area contributed by atoms with Crippen LogP contribution < -0.4 is 15.6 Å². The molecule has 0 radical (unpaired) electrons. The maximum absolute atomic E-state index is 13.5. The van der Waals surface area contributed by atoms with Crippen molar-refractivity contribution in [1.29, 1.82) is 5.26 Å². The molecule has 0 spiro atoms. The molecule has 39 heavy (non-hydrogen) atoms. The first-order valence-corrected chi connectivity index (χ1v) is 14.2. The van der Waals surface area contributed by atoms with Crippen LogP contribution in [0.3, 0.4) is 0 Å². The molecule has 3 atom stereocenters. The number of fused-ring (bicyclic) bond motifs is 1. The first-order valence-electron chi connectivity index (χ1n) is 12.7. The van der Waals surface area contributed by atoms with Gasteiger partial charge in [0.15, 0.2) is 11.5 Å². The number of anilines is 1. The van der Waals surface area contributed by atoms with Gasteiger partial charge < -0.3 is 9.72 Å². The Labute approximate surface area is 226 Å². The third-order valence-corrected chi connectivity index (χ3v) is 8.68. The number of hydrazine groups is 1. The number of carbonyl (C=O) groups excluding carboxylic acids is 1. The number of ether oxygens (including phenoxy) is 1. The molecule has 2 aromatic heterocycles. The molecule has 0 unspecified atom stereocenters. The molecule has 1 aliphatic rings. The van der Waals surface area contributed by atoms with Crippen LogP contribution in [0.2, 0.25) is 0 Å². The highest BCUT2D eigenvalue weighted by Gasteiger charge is 2.39. The van der Waals surface area contributed by atoms with Gasteiger partial charge in [-0.1, -0.05) is 25.5 Å². The number of hydrogen-bond donors (Lipinski definition) is 3. The Bertz CT molecular complexity index is 1660. The van der Waals surface area contributed by atoms with E-state index in [4.69, 9.17) is 10.00 Å². The lowest BCUT2D eigenvalue weighted by Gasteiger charge is -2.18. The summed E-state index contributed by atoms with van der Waals surface area (Å²) >= 11 is 0. The van der Waals surface area contributed by atoms with Crippen molar-refractivity contribution in [3.63, 3.8) is 0 Å². The minimum absolute atomic E-state index is 0.0617. The number of nitrogens with one attached hydrogen (secondary N) is 3. The molecule has 1 amide bonds.